The Morgan fingerprint density at radius 3 is 3.18 bits per heavy atom. The van der Waals surface area contributed by atoms with E-state index in [4.69, 9.17) is 5.73 Å². The van der Waals surface area contributed by atoms with E-state index >= 15 is 0 Å². The van der Waals surface area contributed by atoms with Gasteiger partial charge in [-0.15, -0.1) is 0 Å². The summed E-state index contributed by atoms with van der Waals surface area (Å²) >= 11 is 0. The summed E-state index contributed by atoms with van der Waals surface area (Å²) in [6.45, 7) is 1.81. The summed E-state index contributed by atoms with van der Waals surface area (Å²) in [5, 5.41) is 4.04. The minimum Gasteiger partial charge on any atom is -0.396 e. The number of hydrogen-bond acceptors (Lipinski definition) is 4. The zero-order valence-corrected chi connectivity index (χ0v) is 6.02. The molecule has 0 fully saturated rings. The fourth-order valence-corrected chi connectivity index (χ4v) is 0.900. The van der Waals surface area contributed by atoms with Crippen LogP contribution in [0.15, 0.2) is 12.4 Å². The molecule has 0 saturated heterocycles. The largest absolute Gasteiger partial charge is 0.396 e. The summed E-state index contributed by atoms with van der Waals surface area (Å²) in [6, 6.07) is 0. The lowest BCUT2D eigenvalue weighted by Gasteiger charge is -1.90. The van der Waals surface area contributed by atoms with Gasteiger partial charge in [0.1, 0.15) is 5.82 Å². The predicted molar refractivity (Wildman–Crippen MR) is 39.9 cm³/mol. The van der Waals surface area contributed by atoms with E-state index in [1.54, 1.807) is 16.9 Å². The molecule has 0 aliphatic heterocycles. The Bertz CT molecular complexity index is 391. The van der Waals surface area contributed by atoms with Gasteiger partial charge in [0.05, 0.1) is 18.1 Å². The first-order valence-electron chi connectivity index (χ1n) is 3.20. The molecule has 5 nitrogen and oxygen atoms in total. The number of nitrogens with two attached hydrogens (primary N) is 1. The molecule has 0 aliphatic carbocycles. The molecule has 0 saturated carbocycles. The van der Waals surface area contributed by atoms with Gasteiger partial charge < -0.3 is 5.73 Å². The van der Waals surface area contributed by atoms with Crippen molar-refractivity contribution in [1.29, 1.82) is 0 Å². The molecule has 0 bridgehead atoms. The maximum absolute atomic E-state index is 5.48. The van der Waals surface area contributed by atoms with E-state index < -0.39 is 0 Å². The van der Waals surface area contributed by atoms with Crippen LogP contribution in [0, 0.1) is 6.92 Å². The van der Waals surface area contributed by atoms with Crippen LogP contribution in [0.1, 0.15) is 5.82 Å². The maximum atomic E-state index is 5.48. The van der Waals surface area contributed by atoms with Crippen molar-refractivity contribution in [2.75, 3.05) is 5.73 Å². The SMILES string of the molecule is Cc1nc2ncc(N)cn2n1. The van der Waals surface area contributed by atoms with Crippen LogP contribution in [0.25, 0.3) is 5.78 Å². The van der Waals surface area contributed by atoms with Gasteiger partial charge in [0.2, 0.25) is 0 Å². The molecule has 0 unspecified atom stereocenters. The van der Waals surface area contributed by atoms with Crippen molar-refractivity contribution in [1.82, 2.24) is 19.6 Å². The predicted octanol–water partition coefficient (Wildman–Crippen LogP) is 0.0149. The number of nitrogen functional groups attached to an aromatic ring is 1. The fourth-order valence-electron chi connectivity index (χ4n) is 0.900. The molecule has 0 aliphatic rings. The summed E-state index contributed by atoms with van der Waals surface area (Å²) in [5.41, 5.74) is 6.07. The fraction of sp³-hybridized carbons (Fsp3) is 0.167. The second-order valence-electron chi connectivity index (χ2n) is 2.29. The topological polar surface area (TPSA) is 69.1 Å². The molecule has 0 amide bonds. The van der Waals surface area contributed by atoms with Crippen LogP contribution in [0.3, 0.4) is 0 Å². The Balaban J connectivity index is 2.82. The molecule has 11 heavy (non-hydrogen) atoms. The van der Waals surface area contributed by atoms with E-state index in [-0.39, 0.29) is 0 Å². The van der Waals surface area contributed by atoms with Gasteiger partial charge in [-0.1, -0.05) is 0 Å². The van der Waals surface area contributed by atoms with Crippen LogP contribution in [-0.4, -0.2) is 19.6 Å². The van der Waals surface area contributed by atoms with Gasteiger partial charge in [-0.3, -0.25) is 0 Å². The van der Waals surface area contributed by atoms with E-state index in [0.717, 1.165) is 0 Å². The molecule has 2 rings (SSSR count). The average Bonchev–Trinajstić information content (AvgIpc) is 2.27. The van der Waals surface area contributed by atoms with Crippen molar-refractivity contribution in [2.24, 2.45) is 0 Å². The van der Waals surface area contributed by atoms with E-state index in [0.29, 0.717) is 17.3 Å². The molecule has 0 atom stereocenters. The van der Waals surface area contributed by atoms with E-state index in [1.165, 1.54) is 0 Å². The number of fused-ring (bicyclic) bond motifs is 1. The first kappa shape index (κ1) is 6.09. The van der Waals surface area contributed by atoms with Gasteiger partial charge in [0, 0.05) is 0 Å². The molecule has 5 heteroatoms. The van der Waals surface area contributed by atoms with E-state index in [1.807, 2.05) is 6.92 Å². The van der Waals surface area contributed by atoms with Crippen molar-refractivity contribution in [3.05, 3.63) is 18.2 Å². The molecule has 0 radical (unpaired) electrons. The van der Waals surface area contributed by atoms with Gasteiger partial charge in [-0.05, 0) is 6.92 Å². The van der Waals surface area contributed by atoms with Gasteiger partial charge in [0.15, 0.2) is 0 Å². The van der Waals surface area contributed by atoms with Gasteiger partial charge in [-0.2, -0.15) is 10.1 Å². The number of hydrogen-bond donors (Lipinski definition) is 1. The standard InChI is InChI=1S/C6H7N5/c1-4-9-6-8-2-5(7)3-11(6)10-4/h2-3H,7H2,1H3. The summed E-state index contributed by atoms with van der Waals surface area (Å²) in [7, 11) is 0. The highest BCUT2D eigenvalue weighted by molar-refractivity contribution is 5.37. The Hall–Kier alpha value is -1.65. The quantitative estimate of drug-likeness (QED) is 0.573. The summed E-state index contributed by atoms with van der Waals surface area (Å²) in [5.74, 6) is 1.28. The number of nitrogens with zero attached hydrogens (tertiary/aromatic N) is 4. The molecule has 56 valence electrons. The molecule has 2 aromatic rings. The van der Waals surface area contributed by atoms with Crippen LogP contribution in [-0.2, 0) is 0 Å². The van der Waals surface area contributed by atoms with Crippen LogP contribution in [0.5, 0.6) is 0 Å². The maximum Gasteiger partial charge on any atom is 0.252 e. The lowest BCUT2D eigenvalue weighted by atomic mass is 10.6. The van der Waals surface area contributed by atoms with Crippen molar-refractivity contribution >= 4 is 11.5 Å². The smallest absolute Gasteiger partial charge is 0.252 e. The normalized spacial score (nSPS) is 10.6. The molecule has 2 aromatic heterocycles. The first-order valence-corrected chi connectivity index (χ1v) is 3.20. The monoisotopic (exact) mass is 149 g/mol. The Kier molecular flexibility index (Phi) is 1.06. The molecular weight excluding hydrogens is 142 g/mol. The molecular formula is C6H7N5. The second kappa shape index (κ2) is 1.91. The highest BCUT2D eigenvalue weighted by Gasteiger charge is 1.98. The molecule has 0 aromatic carbocycles. The zero-order valence-electron chi connectivity index (χ0n) is 6.02. The third-order valence-corrected chi connectivity index (χ3v) is 1.32. The third-order valence-electron chi connectivity index (χ3n) is 1.32. The highest BCUT2D eigenvalue weighted by atomic mass is 15.3. The lowest BCUT2D eigenvalue weighted by molar-refractivity contribution is 0.918. The first-order chi connectivity index (χ1) is 5.25. The van der Waals surface area contributed by atoms with Crippen molar-refractivity contribution in [3.8, 4) is 0 Å². The second-order valence-corrected chi connectivity index (χ2v) is 2.29. The minimum atomic E-state index is 0.580. The van der Waals surface area contributed by atoms with E-state index in [9.17, 15) is 0 Å². The summed E-state index contributed by atoms with van der Waals surface area (Å²) < 4.78 is 1.56. The molecule has 0 spiro atoms. The summed E-state index contributed by atoms with van der Waals surface area (Å²) in [4.78, 5) is 8.01. The molecule has 2 N–H and O–H groups in total. The minimum absolute atomic E-state index is 0.580. The van der Waals surface area contributed by atoms with Gasteiger partial charge >= 0.3 is 0 Å². The number of aromatic nitrogens is 4. The van der Waals surface area contributed by atoms with Crippen molar-refractivity contribution in [2.45, 2.75) is 6.92 Å². The number of anilines is 1. The van der Waals surface area contributed by atoms with Crippen molar-refractivity contribution in [3.63, 3.8) is 0 Å². The zero-order chi connectivity index (χ0) is 7.84. The van der Waals surface area contributed by atoms with Gasteiger partial charge in [-0.25, -0.2) is 9.50 Å². The Labute approximate surface area is 62.9 Å². The van der Waals surface area contributed by atoms with E-state index in [2.05, 4.69) is 15.1 Å². The van der Waals surface area contributed by atoms with Crippen LogP contribution < -0.4 is 5.73 Å². The van der Waals surface area contributed by atoms with Crippen molar-refractivity contribution < 1.29 is 0 Å². The Morgan fingerprint density at radius 1 is 1.55 bits per heavy atom. The van der Waals surface area contributed by atoms with Crippen LogP contribution >= 0.6 is 0 Å². The van der Waals surface area contributed by atoms with Crippen LogP contribution in [0.2, 0.25) is 0 Å². The summed E-state index contributed by atoms with van der Waals surface area (Å²) in [6.07, 6.45) is 3.24. The van der Waals surface area contributed by atoms with Crippen LogP contribution in [0.4, 0.5) is 5.69 Å². The average molecular weight is 149 g/mol. The number of rotatable bonds is 0. The lowest BCUT2D eigenvalue weighted by Crippen LogP contribution is -1.94. The number of aryl methyl sites for hydroxylation is 1. The highest BCUT2D eigenvalue weighted by Crippen LogP contribution is 2.00. The Morgan fingerprint density at radius 2 is 2.36 bits per heavy atom. The molecule has 2 heterocycles. The third kappa shape index (κ3) is 0.899. The van der Waals surface area contributed by atoms with Gasteiger partial charge in [0.25, 0.3) is 5.78 Å².